The Hall–Kier alpha value is -1.94. The first-order valence-electron chi connectivity index (χ1n) is 38.9. The number of carbonyl (C=O) groups excluding carboxylic acids is 4. The summed E-state index contributed by atoms with van der Waals surface area (Å²) in [7, 11) is -9.91. The molecule has 0 bridgehead atoms. The predicted molar refractivity (Wildman–Crippen MR) is 381 cm³/mol. The fourth-order valence-electron chi connectivity index (χ4n) is 11.2. The molecule has 558 valence electrons. The third-order valence-electron chi connectivity index (χ3n) is 18.8. The second kappa shape index (κ2) is 64.4. The van der Waals surface area contributed by atoms with E-state index in [-0.39, 0.29) is 25.7 Å². The normalized spacial score (nSPS) is 15.3. The number of phosphoric acid groups is 2. The molecule has 0 aliphatic carbocycles. The summed E-state index contributed by atoms with van der Waals surface area (Å²) in [6, 6.07) is 0. The third kappa shape index (κ3) is 63.5. The average Bonchev–Trinajstić information content (AvgIpc) is 1.34. The van der Waals surface area contributed by atoms with Gasteiger partial charge in [-0.05, 0) is 49.4 Å². The minimum Gasteiger partial charge on any atom is -0.462 e. The Bertz CT molecular complexity index is 1860. The molecule has 0 aromatic heterocycles. The van der Waals surface area contributed by atoms with Crippen LogP contribution in [0.15, 0.2) is 0 Å². The van der Waals surface area contributed by atoms with E-state index in [1.54, 1.807) is 0 Å². The highest BCUT2D eigenvalue weighted by molar-refractivity contribution is 7.47. The first-order chi connectivity index (χ1) is 45.2. The van der Waals surface area contributed by atoms with Crippen molar-refractivity contribution < 1.29 is 80.2 Å². The zero-order chi connectivity index (χ0) is 69.6. The number of aliphatic hydroxyl groups is 1. The molecule has 0 fully saturated rings. The van der Waals surface area contributed by atoms with Gasteiger partial charge in [0, 0.05) is 25.7 Å². The summed E-state index contributed by atoms with van der Waals surface area (Å²) in [4.78, 5) is 72.8. The zero-order valence-corrected chi connectivity index (χ0v) is 63.4. The Morgan fingerprint density at radius 3 is 0.702 bits per heavy atom. The Morgan fingerprint density at radius 1 is 0.287 bits per heavy atom. The molecule has 3 N–H and O–H groups in total. The van der Waals surface area contributed by atoms with Crippen molar-refractivity contribution in [3.05, 3.63) is 0 Å². The van der Waals surface area contributed by atoms with E-state index in [1.165, 1.54) is 173 Å². The van der Waals surface area contributed by atoms with Gasteiger partial charge in [0.2, 0.25) is 0 Å². The first kappa shape index (κ1) is 92.1. The van der Waals surface area contributed by atoms with Gasteiger partial charge in [-0.2, -0.15) is 0 Å². The van der Waals surface area contributed by atoms with Crippen molar-refractivity contribution in [2.45, 2.75) is 395 Å². The van der Waals surface area contributed by atoms with E-state index < -0.39 is 97.5 Å². The number of hydrogen-bond acceptors (Lipinski definition) is 15. The lowest BCUT2D eigenvalue weighted by molar-refractivity contribution is -0.161. The molecule has 0 amide bonds. The molecule has 0 aliphatic rings. The average molecular weight is 1380 g/mol. The van der Waals surface area contributed by atoms with Gasteiger partial charge < -0.3 is 33.8 Å². The summed E-state index contributed by atoms with van der Waals surface area (Å²) < 4.78 is 68.5. The van der Waals surface area contributed by atoms with E-state index in [1.807, 2.05) is 0 Å². The molecule has 0 aromatic rings. The number of phosphoric ester groups is 2. The van der Waals surface area contributed by atoms with Gasteiger partial charge in [0.15, 0.2) is 12.2 Å². The van der Waals surface area contributed by atoms with E-state index in [2.05, 4.69) is 55.4 Å². The number of carbonyl (C=O) groups is 4. The van der Waals surface area contributed by atoms with Gasteiger partial charge in [-0.25, -0.2) is 9.13 Å². The number of ether oxygens (including phenoxy) is 4. The summed E-state index contributed by atoms with van der Waals surface area (Å²) >= 11 is 0. The molecule has 6 unspecified atom stereocenters. The van der Waals surface area contributed by atoms with Gasteiger partial charge in [0.1, 0.15) is 19.3 Å². The van der Waals surface area contributed by atoms with E-state index in [0.29, 0.717) is 25.7 Å². The first-order valence-corrected chi connectivity index (χ1v) is 41.8. The van der Waals surface area contributed by atoms with Crippen LogP contribution in [0, 0.1) is 23.7 Å². The third-order valence-corrected chi connectivity index (χ3v) is 20.7. The van der Waals surface area contributed by atoms with Crippen molar-refractivity contribution in [1.29, 1.82) is 0 Å². The van der Waals surface area contributed by atoms with Crippen molar-refractivity contribution >= 4 is 39.5 Å². The summed E-state index contributed by atoms with van der Waals surface area (Å²) in [6.45, 7) is 14.2. The second-order valence-corrected chi connectivity index (χ2v) is 30.9. The summed E-state index contributed by atoms with van der Waals surface area (Å²) in [5.74, 6) is 1.03. The smallest absolute Gasteiger partial charge is 0.462 e. The summed E-state index contributed by atoms with van der Waals surface area (Å²) in [5.41, 5.74) is 0. The number of unbranched alkanes of at least 4 members (excludes halogenated alkanes) is 34. The number of rotatable bonds is 72. The Morgan fingerprint density at radius 2 is 0.479 bits per heavy atom. The van der Waals surface area contributed by atoms with E-state index in [0.717, 1.165) is 120 Å². The van der Waals surface area contributed by atoms with Crippen molar-refractivity contribution in [1.82, 2.24) is 0 Å². The molecule has 9 atom stereocenters. The van der Waals surface area contributed by atoms with Crippen LogP contribution in [0.3, 0.4) is 0 Å². The van der Waals surface area contributed by atoms with Gasteiger partial charge in [-0.15, -0.1) is 0 Å². The second-order valence-electron chi connectivity index (χ2n) is 28.0. The molecule has 0 radical (unpaired) electrons. The van der Waals surface area contributed by atoms with Crippen LogP contribution in [0.25, 0.3) is 0 Å². The largest absolute Gasteiger partial charge is 0.472 e. The Labute approximate surface area is 575 Å². The Kier molecular flexibility index (Phi) is 63.1. The van der Waals surface area contributed by atoms with Crippen LogP contribution in [0.2, 0.25) is 0 Å². The van der Waals surface area contributed by atoms with E-state index in [9.17, 15) is 43.2 Å². The molecular weight excluding hydrogens is 1230 g/mol. The van der Waals surface area contributed by atoms with Crippen LogP contribution in [0.1, 0.15) is 376 Å². The minimum absolute atomic E-state index is 0.105. The highest BCUT2D eigenvalue weighted by Gasteiger charge is 2.30. The van der Waals surface area contributed by atoms with Gasteiger partial charge in [0.05, 0.1) is 26.4 Å². The summed E-state index contributed by atoms with van der Waals surface area (Å²) in [6.07, 6.45) is 48.4. The number of hydrogen-bond donors (Lipinski definition) is 3. The highest BCUT2D eigenvalue weighted by atomic mass is 31.2. The molecular formula is C75H146O17P2. The lowest BCUT2D eigenvalue weighted by Crippen LogP contribution is -2.30. The molecule has 0 spiro atoms. The molecule has 19 heteroatoms. The SMILES string of the molecule is CCC(C)CCCCCCCCCCCCCCCCC(=O)O[C@H](COC(=O)CCCCCCCCC(C)CC)COP(=O)(O)OC[C@H](O)COP(=O)(O)OC[C@@H](COC(=O)CCCCCCCCCCC(C)CC)OC(=O)CCCCCCCCCCCCC(C)CC. The van der Waals surface area contributed by atoms with Crippen LogP contribution < -0.4 is 0 Å². The van der Waals surface area contributed by atoms with Gasteiger partial charge in [0.25, 0.3) is 0 Å². The van der Waals surface area contributed by atoms with Crippen molar-refractivity contribution in [3.63, 3.8) is 0 Å². The van der Waals surface area contributed by atoms with Crippen molar-refractivity contribution in [2.24, 2.45) is 23.7 Å². The quantitative estimate of drug-likeness (QED) is 0.0222. The topological polar surface area (TPSA) is 237 Å². The zero-order valence-electron chi connectivity index (χ0n) is 61.6. The number of aliphatic hydroxyl groups excluding tert-OH is 1. The van der Waals surface area contributed by atoms with Crippen LogP contribution >= 0.6 is 15.6 Å². The maximum atomic E-state index is 13.1. The monoisotopic (exact) mass is 1380 g/mol. The highest BCUT2D eigenvalue weighted by Crippen LogP contribution is 2.45. The van der Waals surface area contributed by atoms with Crippen LogP contribution in [0.4, 0.5) is 0 Å². The lowest BCUT2D eigenvalue weighted by Gasteiger charge is -2.21. The predicted octanol–water partition coefficient (Wildman–Crippen LogP) is 21.7. The maximum absolute atomic E-state index is 13.1. The van der Waals surface area contributed by atoms with Gasteiger partial charge >= 0.3 is 39.5 Å². The molecule has 17 nitrogen and oxygen atoms in total. The standard InChI is InChI=1S/C75H146O17P2/c1-9-65(5)51-43-35-27-21-17-15-13-14-16-18-23-31-41-49-57-74(79)92-71(62-86-73(78)56-48-40-34-33-38-46-54-68(8)12-4)64-90-94(83,84)88-60-69(76)59-87-93(81,82)89-63-70(61-85-72(77)55-47-39-30-26-25-29-37-45-53-67(7)11-3)91-75(80)58-50-42-32-24-20-19-22-28-36-44-52-66(6)10-2/h65-71,76H,9-64H2,1-8H3,(H,81,82)(H,83,84)/t65?,66?,67?,68?,69-,70-,71-/m1/s1. The fraction of sp³-hybridized carbons (Fsp3) is 0.947. The number of esters is 4. The van der Waals surface area contributed by atoms with Crippen molar-refractivity contribution in [2.75, 3.05) is 39.6 Å². The van der Waals surface area contributed by atoms with Gasteiger partial charge in [-0.3, -0.25) is 37.3 Å². The van der Waals surface area contributed by atoms with Crippen molar-refractivity contribution in [3.8, 4) is 0 Å². The summed E-state index contributed by atoms with van der Waals surface area (Å²) in [5, 5.41) is 10.6. The molecule has 0 aliphatic heterocycles. The molecule has 0 saturated heterocycles. The molecule has 94 heavy (non-hydrogen) atoms. The Balaban J connectivity index is 5.25. The molecule has 0 rings (SSSR count). The fourth-order valence-corrected chi connectivity index (χ4v) is 12.8. The van der Waals surface area contributed by atoms with Crippen LogP contribution in [-0.4, -0.2) is 96.7 Å². The lowest BCUT2D eigenvalue weighted by atomic mass is 9.99. The molecule has 0 aromatic carbocycles. The minimum atomic E-state index is -4.96. The van der Waals surface area contributed by atoms with E-state index >= 15 is 0 Å². The molecule has 0 saturated carbocycles. The maximum Gasteiger partial charge on any atom is 0.472 e. The van der Waals surface area contributed by atoms with Crippen LogP contribution in [0.5, 0.6) is 0 Å². The van der Waals surface area contributed by atoms with Crippen LogP contribution in [-0.2, 0) is 65.4 Å². The van der Waals surface area contributed by atoms with E-state index in [4.69, 9.17) is 37.0 Å². The van der Waals surface area contributed by atoms with Gasteiger partial charge in [-0.1, -0.05) is 325 Å². The molecule has 0 heterocycles.